The summed E-state index contributed by atoms with van der Waals surface area (Å²) in [5.74, 6) is 0. The zero-order valence-electron chi connectivity index (χ0n) is 17.2. The molecule has 1 aliphatic heterocycles. The summed E-state index contributed by atoms with van der Waals surface area (Å²) in [5, 5.41) is 13.4. The molecule has 5 aromatic rings. The minimum Gasteiger partial charge on any atom is -0.370 e. The lowest BCUT2D eigenvalue weighted by molar-refractivity contribution is 0.371. The van der Waals surface area contributed by atoms with Crippen LogP contribution < -0.4 is 5.32 Å². The van der Waals surface area contributed by atoms with Gasteiger partial charge in [-0.2, -0.15) is 5.10 Å². The number of hydrogen-bond donors (Lipinski definition) is 3. The van der Waals surface area contributed by atoms with Crippen molar-refractivity contribution in [3.63, 3.8) is 0 Å². The molecule has 1 aliphatic rings. The van der Waals surface area contributed by atoms with Crippen LogP contribution in [0.25, 0.3) is 50.0 Å². The smallest absolute Gasteiger partial charge is 0.116 e. The molecule has 0 aliphatic carbocycles. The molecular weight excluding hydrogens is 386 g/mol. The predicted molar refractivity (Wildman–Crippen MR) is 123 cm³/mol. The van der Waals surface area contributed by atoms with Crippen molar-refractivity contribution in [2.24, 2.45) is 0 Å². The van der Waals surface area contributed by atoms with E-state index in [1.807, 2.05) is 24.5 Å². The first kappa shape index (κ1) is 17.7. The van der Waals surface area contributed by atoms with E-state index < -0.39 is 0 Å². The van der Waals surface area contributed by atoms with Gasteiger partial charge < -0.3 is 15.2 Å². The Balaban J connectivity index is 1.49. The molecule has 1 unspecified atom stereocenters. The van der Waals surface area contributed by atoms with Gasteiger partial charge in [-0.05, 0) is 42.8 Å². The van der Waals surface area contributed by atoms with E-state index in [0.29, 0.717) is 0 Å². The molecule has 152 valence electrons. The van der Waals surface area contributed by atoms with E-state index in [9.17, 15) is 0 Å². The lowest BCUT2D eigenvalue weighted by Gasteiger charge is -2.21. The molecule has 5 heterocycles. The molecular formula is C24H21N7. The number of aromatic nitrogens is 5. The number of rotatable bonds is 3. The maximum atomic E-state index is 4.63. The minimum absolute atomic E-state index is 0.280. The third-order valence-corrected chi connectivity index (χ3v) is 6.07. The zero-order valence-corrected chi connectivity index (χ0v) is 17.2. The third kappa shape index (κ3) is 2.78. The van der Waals surface area contributed by atoms with E-state index >= 15 is 0 Å². The highest BCUT2D eigenvalue weighted by Crippen LogP contribution is 2.34. The van der Waals surface area contributed by atoms with Crippen molar-refractivity contribution < 1.29 is 0 Å². The standard InChI is InChI=1S/C24H21N7/c1-14-27-13-23(31(14)2)16-3-4-20-18(9-16)24(30-29-20)21-10-17-19(11-26-12-22(17)28-21)15-5-7-25-8-6-15/h3-14,27-28H,1-2H3,(H,29,30). The van der Waals surface area contributed by atoms with Gasteiger partial charge in [0.25, 0.3) is 0 Å². The van der Waals surface area contributed by atoms with Crippen molar-refractivity contribution >= 4 is 27.5 Å². The molecule has 6 rings (SSSR count). The fourth-order valence-electron chi connectivity index (χ4n) is 4.23. The zero-order chi connectivity index (χ0) is 20.9. The minimum atomic E-state index is 0.280. The number of hydrogen-bond acceptors (Lipinski definition) is 5. The highest BCUT2D eigenvalue weighted by atomic mass is 15.3. The molecule has 7 nitrogen and oxygen atoms in total. The lowest BCUT2D eigenvalue weighted by atomic mass is 10.0. The first-order chi connectivity index (χ1) is 15.2. The molecule has 1 atom stereocenters. The number of benzene rings is 1. The van der Waals surface area contributed by atoms with Crippen molar-refractivity contribution in [2.45, 2.75) is 13.1 Å². The quantitative estimate of drug-likeness (QED) is 0.414. The molecule has 0 fully saturated rings. The predicted octanol–water partition coefficient (Wildman–Crippen LogP) is 4.35. The summed E-state index contributed by atoms with van der Waals surface area (Å²) in [7, 11) is 2.10. The molecule has 31 heavy (non-hydrogen) atoms. The fourth-order valence-corrected chi connectivity index (χ4v) is 4.23. The van der Waals surface area contributed by atoms with Gasteiger partial charge in [-0.25, -0.2) is 0 Å². The Morgan fingerprint density at radius 2 is 1.77 bits per heavy atom. The van der Waals surface area contributed by atoms with Gasteiger partial charge >= 0.3 is 0 Å². The largest absolute Gasteiger partial charge is 0.370 e. The van der Waals surface area contributed by atoms with Crippen molar-refractivity contribution in [3.05, 3.63) is 72.9 Å². The van der Waals surface area contributed by atoms with E-state index in [2.05, 4.69) is 79.8 Å². The van der Waals surface area contributed by atoms with Gasteiger partial charge in [-0.3, -0.25) is 15.1 Å². The molecule has 0 spiro atoms. The van der Waals surface area contributed by atoms with Gasteiger partial charge in [0.15, 0.2) is 0 Å². The van der Waals surface area contributed by atoms with Crippen LogP contribution in [0.2, 0.25) is 0 Å². The Morgan fingerprint density at radius 3 is 2.58 bits per heavy atom. The van der Waals surface area contributed by atoms with Crippen LogP contribution in [0.1, 0.15) is 12.5 Å². The van der Waals surface area contributed by atoms with E-state index in [4.69, 9.17) is 0 Å². The summed E-state index contributed by atoms with van der Waals surface area (Å²) in [6, 6.07) is 12.6. The molecule has 3 N–H and O–H groups in total. The number of nitrogens with one attached hydrogen (secondary N) is 3. The lowest BCUT2D eigenvalue weighted by Crippen LogP contribution is -2.30. The average Bonchev–Trinajstić information content (AvgIpc) is 3.50. The Morgan fingerprint density at radius 1 is 0.903 bits per heavy atom. The molecule has 1 aromatic carbocycles. The monoisotopic (exact) mass is 407 g/mol. The molecule has 7 heteroatoms. The second kappa shape index (κ2) is 6.70. The second-order valence-corrected chi connectivity index (χ2v) is 7.88. The van der Waals surface area contributed by atoms with Crippen LogP contribution in [-0.4, -0.2) is 43.3 Å². The van der Waals surface area contributed by atoms with E-state index in [0.717, 1.165) is 49.9 Å². The first-order valence-electron chi connectivity index (χ1n) is 10.2. The van der Waals surface area contributed by atoms with E-state index in [1.54, 1.807) is 12.4 Å². The van der Waals surface area contributed by atoms with E-state index in [1.165, 1.54) is 5.70 Å². The van der Waals surface area contributed by atoms with Gasteiger partial charge in [0.2, 0.25) is 0 Å². The Hall–Kier alpha value is -4.13. The van der Waals surface area contributed by atoms with Crippen LogP contribution in [0, 0.1) is 0 Å². The van der Waals surface area contributed by atoms with Crippen molar-refractivity contribution in [3.8, 4) is 22.5 Å². The fraction of sp³-hybridized carbons (Fsp3) is 0.125. The van der Waals surface area contributed by atoms with E-state index in [-0.39, 0.29) is 6.17 Å². The topological polar surface area (TPSA) is 85.5 Å². The van der Waals surface area contributed by atoms with Crippen LogP contribution >= 0.6 is 0 Å². The number of fused-ring (bicyclic) bond motifs is 2. The van der Waals surface area contributed by atoms with Crippen molar-refractivity contribution in [1.29, 1.82) is 0 Å². The van der Waals surface area contributed by atoms with Crippen LogP contribution in [0.4, 0.5) is 0 Å². The van der Waals surface area contributed by atoms with Crippen molar-refractivity contribution in [2.75, 3.05) is 7.05 Å². The van der Waals surface area contributed by atoms with Crippen molar-refractivity contribution in [1.82, 2.24) is 35.4 Å². The highest BCUT2D eigenvalue weighted by molar-refractivity contribution is 6.01. The molecule has 0 radical (unpaired) electrons. The van der Waals surface area contributed by atoms with Gasteiger partial charge in [-0.1, -0.05) is 6.07 Å². The summed E-state index contributed by atoms with van der Waals surface area (Å²) in [4.78, 5) is 14.3. The Bertz CT molecular complexity index is 1450. The summed E-state index contributed by atoms with van der Waals surface area (Å²) < 4.78 is 0. The molecule has 0 saturated carbocycles. The van der Waals surface area contributed by atoms with Crippen LogP contribution in [0.5, 0.6) is 0 Å². The number of aromatic amines is 2. The summed E-state index contributed by atoms with van der Waals surface area (Å²) >= 11 is 0. The second-order valence-electron chi connectivity index (χ2n) is 7.88. The van der Waals surface area contributed by atoms with Gasteiger partial charge in [-0.15, -0.1) is 0 Å². The first-order valence-corrected chi connectivity index (χ1v) is 10.2. The SMILES string of the molecule is CC1NC=C(c2ccc3[nH]nc(-c4cc5c(-c6ccncc6)cncc5[nH]4)c3c2)N1C. The number of nitrogens with zero attached hydrogens (tertiary/aromatic N) is 4. The normalized spacial score (nSPS) is 16.1. The van der Waals surface area contributed by atoms with Gasteiger partial charge in [0.1, 0.15) is 5.69 Å². The molecule has 0 bridgehead atoms. The number of pyridine rings is 2. The maximum Gasteiger partial charge on any atom is 0.116 e. The average molecular weight is 407 g/mol. The molecule has 4 aromatic heterocycles. The maximum absolute atomic E-state index is 4.63. The van der Waals surface area contributed by atoms with Crippen LogP contribution in [0.15, 0.2) is 67.4 Å². The highest BCUT2D eigenvalue weighted by Gasteiger charge is 2.20. The van der Waals surface area contributed by atoms with Crippen LogP contribution in [0.3, 0.4) is 0 Å². The molecule has 0 amide bonds. The van der Waals surface area contributed by atoms with Gasteiger partial charge in [0.05, 0.1) is 34.8 Å². The van der Waals surface area contributed by atoms with Crippen LogP contribution in [-0.2, 0) is 0 Å². The summed E-state index contributed by atoms with van der Waals surface area (Å²) in [6.45, 7) is 2.14. The summed E-state index contributed by atoms with van der Waals surface area (Å²) in [5.41, 5.74) is 8.33. The Kier molecular flexibility index (Phi) is 3.83. The van der Waals surface area contributed by atoms with Gasteiger partial charge in [0, 0.05) is 53.7 Å². The number of H-pyrrole nitrogens is 2. The Labute approximate surface area is 178 Å². The summed E-state index contributed by atoms with van der Waals surface area (Å²) in [6.07, 6.45) is 9.70. The third-order valence-electron chi connectivity index (χ3n) is 6.07. The molecule has 0 saturated heterocycles.